The lowest BCUT2D eigenvalue weighted by molar-refractivity contribution is -0.121. The lowest BCUT2D eigenvalue weighted by Crippen LogP contribution is -2.26. The molecule has 0 aliphatic rings. The summed E-state index contributed by atoms with van der Waals surface area (Å²) in [5.41, 5.74) is 6.27. The minimum absolute atomic E-state index is 0.207. The third-order valence-electron chi connectivity index (χ3n) is 0.794. The first kappa shape index (κ1) is 8.74. The van der Waals surface area contributed by atoms with E-state index in [1.807, 2.05) is 0 Å². The van der Waals surface area contributed by atoms with Crippen LogP contribution in [0.2, 0.25) is 0 Å². The SMILES string of the molecule is CCC(=O)NCOC([NH])=O. The standard InChI is InChI=1S/C5H9N2O3/c1-2-4(8)7-3-10-5(6)9/h6H,2-3H2,1H3,(H,7,8). The molecule has 2 N–H and O–H groups in total. The Labute approximate surface area is 58.5 Å². The highest BCUT2D eigenvalue weighted by atomic mass is 16.6. The summed E-state index contributed by atoms with van der Waals surface area (Å²) in [5.74, 6) is -0.207. The van der Waals surface area contributed by atoms with Crippen LogP contribution in [0.15, 0.2) is 0 Å². The van der Waals surface area contributed by atoms with Gasteiger partial charge in [-0.15, -0.1) is 0 Å². The summed E-state index contributed by atoms with van der Waals surface area (Å²) in [5, 5.41) is 2.26. The van der Waals surface area contributed by atoms with Gasteiger partial charge in [0.2, 0.25) is 5.91 Å². The quantitative estimate of drug-likeness (QED) is 0.562. The van der Waals surface area contributed by atoms with Crippen LogP contribution in [-0.4, -0.2) is 18.7 Å². The van der Waals surface area contributed by atoms with Gasteiger partial charge in [0, 0.05) is 6.42 Å². The molecule has 0 unspecified atom stereocenters. The highest BCUT2D eigenvalue weighted by Gasteiger charge is 1.96. The van der Waals surface area contributed by atoms with Crippen LogP contribution in [0.1, 0.15) is 13.3 Å². The Bertz CT molecular complexity index is 135. The summed E-state index contributed by atoms with van der Waals surface area (Å²) in [6.45, 7) is 1.47. The molecule has 0 atom stereocenters. The van der Waals surface area contributed by atoms with Crippen LogP contribution in [0.5, 0.6) is 0 Å². The van der Waals surface area contributed by atoms with Gasteiger partial charge in [-0.1, -0.05) is 6.92 Å². The number of rotatable bonds is 3. The molecule has 0 spiro atoms. The maximum Gasteiger partial charge on any atom is 0.427 e. The van der Waals surface area contributed by atoms with E-state index in [1.54, 1.807) is 6.92 Å². The maximum atomic E-state index is 10.4. The summed E-state index contributed by atoms with van der Waals surface area (Å²) < 4.78 is 4.11. The fourth-order valence-electron chi connectivity index (χ4n) is 0.307. The first-order valence-electron chi connectivity index (χ1n) is 2.82. The molecule has 57 valence electrons. The van der Waals surface area contributed by atoms with Crippen molar-refractivity contribution in [3.8, 4) is 0 Å². The second-order valence-corrected chi connectivity index (χ2v) is 1.53. The van der Waals surface area contributed by atoms with Gasteiger partial charge in [0.1, 0.15) is 0 Å². The summed E-state index contributed by atoms with van der Waals surface area (Å²) in [4.78, 5) is 20.2. The van der Waals surface area contributed by atoms with Gasteiger partial charge in [-0.05, 0) is 0 Å². The number of carbonyl (C=O) groups excluding carboxylic acids is 2. The zero-order chi connectivity index (χ0) is 7.98. The Balaban J connectivity index is 3.20. The van der Waals surface area contributed by atoms with Gasteiger partial charge < -0.3 is 10.1 Å². The van der Waals surface area contributed by atoms with Crippen molar-refractivity contribution in [1.82, 2.24) is 11.1 Å². The van der Waals surface area contributed by atoms with Gasteiger partial charge in [-0.3, -0.25) is 4.79 Å². The normalized spacial score (nSPS) is 8.50. The molecule has 0 bridgehead atoms. The third-order valence-corrected chi connectivity index (χ3v) is 0.794. The second-order valence-electron chi connectivity index (χ2n) is 1.53. The second kappa shape index (κ2) is 4.60. The van der Waals surface area contributed by atoms with Gasteiger partial charge in [-0.2, -0.15) is 0 Å². The Morgan fingerprint density at radius 2 is 2.20 bits per heavy atom. The molecule has 2 amide bonds. The van der Waals surface area contributed by atoms with Crippen molar-refractivity contribution in [3.63, 3.8) is 0 Å². The zero-order valence-electron chi connectivity index (χ0n) is 5.64. The summed E-state index contributed by atoms with van der Waals surface area (Å²) in [6, 6.07) is 0. The van der Waals surface area contributed by atoms with Crippen LogP contribution in [0.3, 0.4) is 0 Å². The number of hydrogen-bond donors (Lipinski definition) is 1. The molecular formula is C5H9N2O3. The van der Waals surface area contributed by atoms with Gasteiger partial charge in [0.15, 0.2) is 6.73 Å². The first-order chi connectivity index (χ1) is 4.66. The molecule has 5 nitrogen and oxygen atoms in total. The van der Waals surface area contributed by atoms with E-state index in [1.165, 1.54) is 0 Å². The molecule has 0 heterocycles. The van der Waals surface area contributed by atoms with Gasteiger partial charge in [0.25, 0.3) is 0 Å². The number of carbonyl (C=O) groups is 2. The Morgan fingerprint density at radius 1 is 1.60 bits per heavy atom. The molecule has 0 aliphatic heterocycles. The Morgan fingerprint density at radius 3 is 2.60 bits per heavy atom. The van der Waals surface area contributed by atoms with E-state index in [2.05, 4.69) is 10.1 Å². The zero-order valence-corrected chi connectivity index (χ0v) is 5.64. The number of nitrogens with one attached hydrogen (secondary N) is 2. The van der Waals surface area contributed by atoms with E-state index in [4.69, 9.17) is 5.73 Å². The largest absolute Gasteiger partial charge is 0.427 e. The van der Waals surface area contributed by atoms with Crippen LogP contribution in [0.4, 0.5) is 4.79 Å². The summed E-state index contributed by atoms with van der Waals surface area (Å²) in [7, 11) is 0. The van der Waals surface area contributed by atoms with Gasteiger partial charge >= 0.3 is 6.09 Å². The van der Waals surface area contributed by atoms with Crippen molar-refractivity contribution in [3.05, 3.63) is 0 Å². The molecule has 10 heavy (non-hydrogen) atoms. The predicted octanol–water partition coefficient (Wildman–Crippen LogP) is -0.110. The minimum atomic E-state index is -1.14. The van der Waals surface area contributed by atoms with E-state index in [-0.39, 0.29) is 12.6 Å². The van der Waals surface area contributed by atoms with E-state index >= 15 is 0 Å². The topological polar surface area (TPSA) is 79.2 Å². The number of hydrogen-bond acceptors (Lipinski definition) is 3. The van der Waals surface area contributed by atoms with Gasteiger partial charge in [-0.25, -0.2) is 10.5 Å². The fourth-order valence-corrected chi connectivity index (χ4v) is 0.307. The average molecular weight is 145 g/mol. The molecule has 0 aliphatic carbocycles. The van der Waals surface area contributed by atoms with Crippen molar-refractivity contribution < 1.29 is 14.3 Å². The highest BCUT2D eigenvalue weighted by Crippen LogP contribution is 1.75. The predicted molar refractivity (Wildman–Crippen MR) is 32.9 cm³/mol. The van der Waals surface area contributed by atoms with Crippen LogP contribution < -0.4 is 11.1 Å². The lowest BCUT2D eigenvalue weighted by atomic mass is 10.5. The fraction of sp³-hybridized carbons (Fsp3) is 0.600. The lowest BCUT2D eigenvalue weighted by Gasteiger charge is -2.00. The molecule has 0 saturated carbocycles. The molecule has 0 saturated heterocycles. The van der Waals surface area contributed by atoms with Crippen LogP contribution in [0, 0.1) is 0 Å². The van der Waals surface area contributed by atoms with Crippen molar-refractivity contribution in [2.75, 3.05) is 6.73 Å². The van der Waals surface area contributed by atoms with Crippen LogP contribution >= 0.6 is 0 Å². The van der Waals surface area contributed by atoms with Crippen molar-refractivity contribution >= 4 is 12.0 Å². The number of ether oxygens (including phenoxy) is 1. The molecule has 5 heteroatoms. The van der Waals surface area contributed by atoms with Crippen LogP contribution in [-0.2, 0) is 9.53 Å². The molecule has 0 aromatic heterocycles. The van der Waals surface area contributed by atoms with E-state index in [9.17, 15) is 9.59 Å². The molecule has 0 aromatic carbocycles. The van der Waals surface area contributed by atoms with Crippen molar-refractivity contribution in [2.45, 2.75) is 13.3 Å². The highest BCUT2D eigenvalue weighted by molar-refractivity contribution is 5.75. The molecule has 0 aromatic rings. The molecular weight excluding hydrogens is 136 g/mol. The Kier molecular flexibility index (Phi) is 4.02. The van der Waals surface area contributed by atoms with Crippen LogP contribution in [0.25, 0.3) is 0 Å². The van der Waals surface area contributed by atoms with E-state index in [0.717, 1.165) is 0 Å². The van der Waals surface area contributed by atoms with Gasteiger partial charge in [0.05, 0.1) is 0 Å². The average Bonchev–Trinajstić information content (AvgIpc) is 1.87. The summed E-state index contributed by atoms with van der Waals surface area (Å²) in [6.07, 6.45) is -0.799. The number of amides is 2. The smallest absolute Gasteiger partial charge is 0.427 e. The molecule has 1 radical (unpaired) electrons. The Hall–Kier alpha value is -1.26. The monoisotopic (exact) mass is 145 g/mol. The minimum Gasteiger partial charge on any atom is -0.427 e. The third kappa shape index (κ3) is 4.89. The molecule has 0 fully saturated rings. The van der Waals surface area contributed by atoms with E-state index < -0.39 is 6.09 Å². The maximum absolute atomic E-state index is 10.4. The molecule has 0 rings (SSSR count). The van der Waals surface area contributed by atoms with Crippen molar-refractivity contribution in [1.29, 1.82) is 0 Å². The van der Waals surface area contributed by atoms with E-state index in [0.29, 0.717) is 6.42 Å². The summed E-state index contributed by atoms with van der Waals surface area (Å²) >= 11 is 0. The van der Waals surface area contributed by atoms with Crippen molar-refractivity contribution in [2.24, 2.45) is 0 Å². The first-order valence-corrected chi connectivity index (χ1v) is 2.82.